The number of hydrogen-bond donors (Lipinski definition) is 4. The van der Waals surface area contributed by atoms with Crippen molar-refractivity contribution in [3.8, 4) is 23.0 Å². The zero-order valence-corrected chi connectivity index (χ0v) is 14.6. The Bertz CT molecular complexity index is 683. The van der Waals surface area contributed by atoms with E-state index in [1.54, 1.807) is 0 Å². The van der Waals surface area contributed by atoms with Crippen LogP contribution in [-0.4, -0.2) is 70.4 Å². The maximum absolute atomic E-state index is 10.8. The normalized spacial score (nSPS) is 9.04. The van der Waals surface area contributed by atoms with E-state index in [1.165, 1.54) is 12.1 Å². The number of carbonyl (C=O) groups is 2. The minimum absolute atomic E-state index is 0. The predicted molar refractivity (Wildman–Crippen MR) is 78.0 cm³/mol. The summed E-state index contributed by atoms with van der Waals surface area (Å²) in [5.41, 5.74) is -0.713. The van der Waals surface area contributed by atoms with Crippen LogP contribution in [0.25, 0.3) is 0 Å². The van der Waals surface area contributed by atoms with Crippen LogP contribution in [0, 0.1) is 0 Å². The van der Waals surface area contributed by atoms with E-state index in [1.807, 2.05) is 0 Å². The first-order chi connectivity index (χ1) is 11.3. The molecule has 0 heterocycles. The third-order valence-corrected chi connectivity index (χ3v) is 2.60. The molecule has 0 atom stereocenters. The maximum atomic E-state index is 10.8. The molecule has 0 aliphatic heterocycles. The Balaban J connectivity index is 0.000000443. The Labute approximate surface area is 170 Å². The molecule has 10 nitrogen and oxygen atoms in total. The van der Waals surface area contributed by atoms with Crippen LogP contribution in [0.5, 0.6) is 23.0 Å². The van der Waals surface area contributed by atoms with Gasteiger partial charge in [0.1, 0.15) is 11.1 Å². The SMILES string of the molecule is O=C(O)c1cccc([O-])c1OO.O=C(O)c1cccc([O-])c1OO.[Ca+2]. The molecular weight excluding hydrogens is 368 g/mol. The first-order valence-electron chi connectivity index (χ1n) is 6.03. The van der Waals surface area contributed by atoms with Gasteiger partial charge in [-0.15, -0.1) is 0 Å². The zero-order valence-electron chi connectivity index (χ0n) is 12.4. The van der Waals surface area contributed by atoms with Crippen molar-refractivity contribution in [1.82, 2.24) is 0 Å². The van der Waals surface area contributed by atoms with Crippen molar-refractivity contribution in [1.29, 1.82) is 0 Å². The van der Waals surface area contributed by atoms with Crippen molar-refractivity contribution in [2.75, 3.05) is 0 Å². The van der Waals surface area contributed by atoms with Gasteiger partial charge < -0.3 is 30.2 Å². The van der Waals surface area contributed by atoms with Crippen LogP contribution < -0.4 is 20.0 Å². The van der Waals surface area contributed by atoms with Crippen LogP contribution in [-0.2, 0) is 0 Å². The molecule has 0 aliphatic carbocycles. The Kier molecular flexibility index (Phi) is 9.64. The van der Waals surface area contributed by atoms with Gasteiger partial charge >= 0.3 is 49.7 Å². The third-order valence-electron chi connectivity index (χ3n) is 2.60. The summed E-state index contributed by atoms with van der Waals surface area (Å²) in [6, 6.07) is 7.06. The van der Waals surface area contributed by atoms with Crippen LogP contribution in [0.2, 0.25) is 0 Å². The van der Waals surface area contributed by atoms with Crippen LogP contribution in [0.3, 0.4) is 0 Å². The Morgan fingerprint density at radius 3 is 1.28 bits per heavy atom. The van der Waals surface area contributed by atoms with Crippen molar-refractivity contribution in [2.45, 2.75) is 0 Å². The van der Waals surface area contributed by atoms with E-state index in [-0.39, 0.29) is 48.9 Å². The summed E-state index contributed by atoms with van der Waals surface area (Å²) in [5.74, 6) is -5.11. The molecule has 128 valence electrons. The number of rotatable bonds is 4. The van der Waals surface area contributed by atoms with E-state index in [0.717, 1.165) is 24.3 Å². The standard InChI is InChI=1S/2C7H6O5.Ca/c2*8-5-3-1-2-4(7(9)10)6(5)12-11;/h2*1-3,8,11H,(H,9,10);/q;;+2/p-2. The van der Waals surface area contributed by atoms with Gasteiger partial charge in [0.15, 0.2) is 11.5 Å². The van der Waals surface area contributed by atoms with Crippen molar-refractivity contribution < 1.29 is 50.3 Å². The summed E-state index contributed by atoms with van der Waals surface area (Å²) in [6.07, 6.45) is 0. The average Bonchev–Trinajstić information content (AvgIpc) is 2.54. The molecule has 0 fully saturated rings. The first-order valence-corrected chi connectivity index (χ1v) is 6.03. The molecule has 2 aromatic rings. The fraction of sp³-hybridized carbons (Fsp3) is 0. The van der Waals surface area contributed by atoms with Gasteiger partial charge in [0.2, 0.25) is 0 Å². The molecule has 4 N–H and O–H groups in total. The first kappa shape index (κ1) is 22.8. The second-order valence-electron chi connectivity index (χ2n) is 4.06. The number of benzene rings is 2. The maximum Gasteiger partial charge on any atom is 2.00 e. The predicted octanol–water partition coefficient (Wildman–Crippen LogP) is 0.240. The van der Waals surface area contributed by atoms with E-state index in [9.17, 15) is 19.8 Å². The van der Waals surface area contributed by atoms with Gasteiger partial charge in [-0.3, -0.25) is 0 Å². The molecule has 0 aliphatic rings. The van der Waals surface area contributed by atoms with Gasteiger partial charge in [-0.2, -0.15) is 0 Å². The Morgan fingerprint density at radius 1 is 0.760 bits per heavy atom. The van der Waals surface area contributed by atoms with Gasteiger partial charge in [-0.05, 0) is 12.1 Å². The van der Waals surface area contributed by atoms with Crippen LogP contribution in [0.1, 0.15) is 20.7 Å². The monoisotopic (exact) mass is 378 g/mol. The minimum atomic E-state index is -1.32. The van der Waals surface area contributed by atoms with E-state index in [4.69, 9.17) is 20.7 Å². The van der Waals surface area contributed by atoms with Gasteiger partial charge in [0.05, 0.1) is 0 Å². The second-order valence-corrected chi connectivity index (χ2v) is 4.06. The van der Waals surface area contributed by atoms with Gasteiger partial charge in [0, 0.05) is 0 Å². The molecule has 0 saturated heterocycles. The molecule has 0 bridgehead atoms. The van der Waals surface area contributed by atoms with E-state index in [2.05, 4.69) is 9.78 Å². The summed E-state index contributed by atoms with van der Waals surface area (Å²) in [7, 11) is 0. The molecule has 0 radical (unpaired) electrons. The molecule has 11 heteroatoms. The molecular formula is C14H10CaO10. The quantitative estimate of drug-likeness (QED) is 0.327. The fourth-order valence-corrected chi connectivity index (χ4v) is 1.56. The number of carboxylic acids is 2. The number of carboxylic acid groups (broad SMARTS) is 2. The summed E-state index contributed by atoms with van der Waals surface area (Å²) >= 11 is 0. The van der Waals surface area contributed by atoms with Crippen LogP contribution in [0.15, 0.2) is 36.4 Å². The topological polar surface area (TPSA) is 180 Å². The van der Waals surface area contributed by atoms with Crippen molar-refractivity contribution >= 4 is 49.7 Å². The summed E-state index contributed by atoms with van der Waals surface area (Å²) in [6.45, 7) is 0. The minimum Gasteiger partial charge on any atom is -0.870 e. The van der Waals surface area contributed by atoms with Crippen LogP contribution in [0.4, 0.5) is 0 Å². The number of aromatic carboxylic acids is 2. The fourth-order valence-electron chi connectivity index (χ4n) is 1.56. The second kappa shape index (κ2) is 10.6. The molecule has 0 spiro atoms. The molecule has 0 amide bonds. The Morgan fingerprint density at radius 2 is 1.08 bits per heavy atom. The summed E-state index contributed by atoms with van der Waals surface area (Å²) in [5, 5.41) is 55.0. The van der Waals surface area contributed by atoms with Crippen molar-refractivity contribution in [2.24, 2.45) is 0 Å². The average molecular weight is 378 g/mol. The van der Waals surface area contributed by atoms with Crippen LogP contribution >= 0.6 is 0 Å². The van der Waals surface area contributed by atoms with E-state index < -0.39 is 34.9 Å². The number of para-hydroxylation sites is 2. The smallest absolute Gasteiger partial charge is 0.870 e. The number of hydrogen-bond acceptors (Lipinski definition) is 8. The van der Waals surface area contributed by atoms with Crippen molar-refractivity contribution in [3.63, 3.8) is 0 Å². The zero-order chi connectivity index (χ0) is 18.3. The summed E-state index contributed by atoms with van der Waals surface area (Å²) in [4.78, 5) is 28.1. The van der Waals surface area contributed by atoms with Crippen molar-refractivity contribution in [3.05, 3.63) is 47.5 Å². The molecule has 2 rings (SSSR count). The largest absolute Gasteiger partial charge is 2.00 e. The molecule has 25 heavy (non-hydrogen) atoms. The third kappa shape index (κ3) is 5.96. The van der Waals surface area contributed by atoms with E-state index >= 15 is 0 Å². The molecule has 0 unspecified atom stereocenters. The molecule has 0 aromatic heterocycles. The van der Waals surface area contributed by atoms with Gasteiger partial charge in [0.25, 0.3) is 0 Å². The van der Waals surface area contributed by atoms with Gasteiger partial charge in [-0.1, -0.05) is 35.8 Å². The van der Waals surface area contributed by atoms with E-state index in [0.29, 0.717) is 0 Å². The Hall–Kier alpha value is -2.24. The van der Waals surface area contributed by atoms with Gasteiger partial charge in [-0.25, -0.2) is 20.1 Å². The molecule has 2 aromatic carbocycles. The summed E-state index contributed by atoms with van der Waals surface area (Å²) < 4.78 is 0. The molecule has 0 saturated carbocycles.